The number of hydrogen-bond acceptors (Lipinski definition) is 5. The van der Waals surface area contributed by atoms with Gasteiger partial charge in [0.1, 0.15) is 11.4 Å². The molecule has 2 aliphatic rings. The topological polar surface area (TPSA) is 76.5 Å². The zero-order valence-corrected chi connectivity index (χ0v) is 21.7. The number of aromatic nitrogens is 2. The van der Waals surface area contributed by atoms with Crippen molar-refractivity contribution in [3.05, 3.63) is 57.6 Å². The summed E-state index contributed by atoms with van der Waals surface area (Å²) < 4.78 is 60.3. The lowest BCUT2D eigenvalue weighted by Crippen LogP contribution is -2.44. The van der Waals surface area contributed by atoms with Gasteiger partial charge >= 0.3 is 6.18 Å². The number of hydrogen-bond donors (Lipinski definition) is 1. The van der Waals surface area contributed by atoms with E-state index in [1.807, 2.05) is 0 Å². The molecule has 7 nitrogen and oxygen atoms in total. The molecule has 0 aromatic carbocycles. The Morgan fingerprint density at radius 3 is 2.61 bits per heavy atom. The van der Waals surface area contributed by atoms with Crippen LogP contribution in [0.2, 0.25) is 0 Å². The molecular formula is C27H34F4N4O3. The standard InChI is InChI=1S/C27H34F4N4O3/c1-18(27(29,30)31)38-23-7-6-19-10-15-35(16-11-21(19)33-23)17-14-26(28)12-8-20(9-13-26)32-25(37)22-4-3-5-24(36)34(22)2/h3-7,18,20H,8-17H2,1-2H3,(H,32,37)/t18-,20?,26?/m1/s1. The van der Waals surface area contributed by atoms with Gasteiger partial charge < -0.3 is 19.5 Å². The second-order valence-electron chi connectivity index (χ2n) is 10.4. The fraction of sp³-hybridized carbons (Fsp3) is 0.593. The Morgan fingerprint density at radius 2 is 1.89 bits per heavy atom. The van der Waals surface area contributed by atoms with Gasteiger partial charge in [0, 0.05) is 57.0 Å². The van der Waals surface area contributed by atoms with E-state index in [1.54, 1.807) is 25.2 Å². The number of halogens is 4. The van der Waals surface area contributed by atoms with E-state index in [0.717, 1.165) is 24.7 Å². The predicted octanol–water partition coefficient (Wildman–Crippen LogP) is 3.98. The highest BCUT2D eigenvalue weighted by molar-refractivity contribution is 5.92. The molecule has 0 saturated heterocycles. The van der Waals surface area contributed by atoms with Crippen molar-refractivity contribution in [3.8, 4) is 5.88 Å². The minimum absolute atomic E-state index is 0.0388. The Bertz CT molecular complexity index is 1190. The Labute approximate surface area is 219 Å². The van der Waals surface area contributed by atoms with Crippen LogP contribution in [-0.2, 0) is 19.9 Å². The molecule has 4 rings (SSSR count). The van der Waals surface area contributed by atoms with Gasteiger partial charge in [-0.1, -0.05) is 12.1 Å². The second kappa shape index (κ2) is 11.4. The number of amides is 1. The van der Waals surface area contributed by atoms with Gasteiger partial charge in [0.2, 0.25) is 5.88 Å². The van der Waals surface area contributed by atoms with Gasteiger partial charge in [-0.15, -0.1) is 0 Å². The van der Waals surface area contributed by atoms with Crippen LogP contribution in [0.5, 0.6) is 5.88 Å². The van der Waals surface area contributed by atoms with Crippen molar-refractivity contribution < 1.29 is 27.1 Å². The SMILES string of the molecule is C[C@@H](Oc1ccc2c(n1)CCN(CCC1(F)CCC(NC(=O)c3cccc(=O)n3C)CC1)CC2)C(F)(F)F. The number of nitrogens with zero attached hydrogens (tertiary/aromatic N) is 3. The van der Waals surface area contributed by atoms with Gasteiger partial charge in [0.25, 0.3) is 11.5 Å². The lowest BCUT2D eigenvalue weighted by molar-refractivity contribution is -0.190. The van der Waals surface area contributed by atoms with Crippen molar-refractivity contribution in [1.29, 1.82) is 0 Å². The van der Waals surface area contributed by atoms with Crippen molar-refractivity contribution in [3.63, 3.8) is 0 Å². The number of alkyl halides is 4. The van der Waals surface area contributed by atoms with E-state index in [-0.39, 0.29) is 29.1 Å². The molecule has 208 valence electrons. The van der Waals surface area contributed by atoms with Crippen LogP contribution in [0, 0.1) is 0 Å². The normalized spacial score (nSPS) is 23.3. The number of carbonyl (C=O) groups is 1. The summed E-state index contributed by atoms with van der Waals surface area (Å²) in [5, 5.41) is 2.93. The smallest absolute Gasteiger partial charge is 0.425 e. The van der Waals surface area contributed by atoms with Crippen LogP contribution in [0.1, 0.15) is 60.8 Å². The molecule has 1 fully saturated rings. The molecule has 1 aliphatic carbocycles. The number of rotatable bonds is 7. The van der Waals surface area contributed by atoms with E-state index < -0.39 is 17.9 Å². The average molecular weight is 539 g/mol. The summed E-state index contributed by atoms with van der Waals surface area (Å²) in [4.78, 5) is 30.9. The van der Waals surface area contributed by atoms with E-state index in [9.17, 15) is 22.8 Å². The van der Waals surface area contributed by atoms with E-state index >= 15 is 4.39 Å². The van der Waals surface area contributed by atoms with Gasteiger partial charge in [-0.3, -0.25) is 9.59 Å². The van der Waals surface area contributed by atoms with Crippen LogP contribution in [0.25, 0.3) is 0 Å². The quantitative estimate of drug-likeness (QED) is 0.540. The van der Waals surface area contributed by atoms with Crippen molar-refractivity contribution in [2.45, 2.75) is 75.9 Å². The lowest BCUT2D eigenvalue weighted by Gasteiger charge is -2.35. The molecule has 2 aromatic heterocycles. The molecule has 1 amide bonds. The highest BCUT2D eigenvalue weighted by Gasteiger charge is 2.39. The first-order chi connectivity index (χ1) is 17.9. The van der Waals surface area contributed by atoms with E-state index in [0.29, 0.717) is 58.0 Å². The minimum atomic E-state index is -4.46. The molecule has 2 aromatic rings. The molecule has 0 unspecified atom stereocenters. The number of ether oxygens (including phenoxy) is 1. The summed E-state index contributed by atoms with van der Waals surface area (Å²) in [6, 6.07) is 7.62. The molecule has 38 heavy (non-hydrogen) atoms. The molecular weight excluding hydrogens is 504 g/mol. The van der Waals surface area contributed by atoms with Crippen molar-refractivity contribution in [2.75, 3.05) is 19.6 Å². The summed E-state index contributed by atoms with van der Waals surface area (Å²) >= 11 is 0. The van der Waals surface area contributed by atoms with Gasteiger partial charge in [-0.05, 0) is 57.1 Å². The number of pyridine rings is 2. The summed E-state index contributed by atoms with van der Waals surface area (Å²) in [5.41, 5.74) is 0.400. The fourth-order valence-electron chi connectivity index (χ4n) is 5.09. The van der Waals surface area contributed by atoms with Crippen LogP contribution >= 0.6 is 0 Å². The minimum Gasteiger partial charge on any atom is -0.465 e. The number of nitrogens with one attached hydrogen (secondary N) is 1. The summed E-state index contributed by atoms with van der Waals surface area (Å²) in [7, 11) is 1.54. The molecule has 1 atom stereocenters. The molecule has 1 aliphatic heterocycles. The van der Waals surface area contributed by atoms with Gasteiger partial charge in [-0.2, -0.15) is 13.2 Å². The first kappa shape index (κ1) is 28.1. The second-order valence-corrected chi connectivity index (χ2v) is 10.4. The van der Waals surface area contributed by atoms with E-state index in [4.69, 9.17) is 4.74 Å². The average Bonchev–Trinajstić information content (AvgIpc) is 3.07. The van der Waals surface area contributed by atoms with Gasteiger partial charge in [0.05, 0.1) is 0 Å². The first-order valence-electron chi connectivity index (χ1n) is 13.0. The first-order valence-corrected chi connectivity index (χ1v) is 13.0. The molecule has 3 heterocycles. The predicted molar refractivity (Wildman–Crippen MR) is 134 cm³/mol. The summed E-state index contributed by atoms with van der Waals surface area (Å²) in [6.45, 7) is 2.89. The maximum Gasteiger partial charge on any atom is 0.425 e. The monoisotopic (exact) mass is 538 g/mol. The van der Waals surface area contributed by atoms with Crippen LogP contribution in [0.15, 0.2) is 35.1 Å². The van der Waals surface area contributed by atoms with Crippen LogP contribution in [0.4, 0.5) is 17.6 Å². The van der Waals surface area contributed by atoms with Crippen molar-refractivity contribution >= 4 is 5.91 Å². The van der Waals surface area contributed by atoms with Gasteiger partial charge in [-0.25, -0.2) is 9.37 Å². The third kappa shape index (κ3) is 6.92. The Balaban J connectivity index is 1.24. The zero-order chi connectivity index (χ0) is 27.5. The van der Waals surface area contributed by atoms with Gasteiger partial charge in [0.15, 0.2) is 6.10 Å². The van der Waals surface area contributed by atoms with Crippen LogP contribution in [0.3, 0.4) is 0 Å². The highest BCUT2D eigenvalue weighted by atomic mass is 19.4. The molecule has 11 heteroatoms. The largest absolute Gasteiger partial charge is 0.465 e. The van der Waals surface area contributed by atoms with Crippen molar-refractivity contribution in [1.82, 2.24) is 19.8 Å². The van der Waals surface area contributed by atoms with E-state index in [2.05, 4.69) is 15.2 Å². The molecule has 0 radical (unpaired) electrons. The lowest BCUT2D eigenvalue weighted by atomic mass is 9.81. The number of fused-ring (bicyclic) bond motifs is 1. The van der Waals surface area contributed by atoms with Crippen LogP contribution < -0.4 is 15.6 Å². The molecule has 0 spiro atoms. The third-order valence-corrected chi connectivity index (χ3v) is 7.67. The maximum absolute atomic E-state index is 15.6. The maximum atomic E-state index is 15.6. The third-order valence-electron chi connectivity index (χ3n) is 7.67. The fourth-order valence-corrected chi connectivity index (χ4v) is 5.09. The van der Waals surface area contributed by atoms with Crippen molar-refractivity contribution in [2.24, 2.45) is 7.05 Å². The number of carbonyl (C=O) groups excluding carboxylic acids is 1. The molecule has 1 N–H and O–H groups in total. The van der Waals surface area contributed by atoms with E-state index in [1.165, 1.54) is 16.7 Å². The Kier molecular flexibility index (Phi) is 8.44. The zero-order valence-electron chi connectivity index (χ0n) is 21.7. The summed E-state index contributed by atoms with van der Waals surface area (Å²) in [6.07, 6.45) is -3.03. The summed E-state index contributed by atoms with van der Waals surface area (Å²) in [5.74, 6) is -0.371. The Morgan fingerprint density at radius 1 is 1.18 bits per heavy atom. The Hall–Kier alpha value is -2.95. The molecule has 0 bridgehead atoms. The van der Waals surface area contributed by atoms with Crippen LogP contribution in [-0.4, -0.2) is 64.0 Å². The highest BCUT2D eigenvalue weighted by Crippen LogP contribution is 2.35. The molecule has 1 saturated carbocycles.